The van der Waals surface area contributed by atoms with Crippen LogP contribution in [0.15, 0.2) is 23.3 Å². The third kappa shape index (κ3) is 3.18. The van der Waals surface area contributed by atoms with Crippen molar-refractivity contribution in [1.29, 1.82) is 0 Å². The summed E-state index contributed by atoms with van der Waals surface area (Å²) in [6.45, 7) is 0.486. The summed E-state index contributed by atoms with van der Waals surface area (Å²) in [7, 11) is 0. The van der Waals surface area contributed by atoms with E-state index in [1.807, 2.05) is 12.1 Å². The molecule has 16 heavy (non-hydrogen) atoms. The van der Waals surface area contributed by atoms with Crippen LogP contribution in [0.5, 0.6) is 0 Å². The van der Waals surface area contributed by atoms with E-state index in [-0.39, 0.29) is 0 Å². The molecule has 5 heteroatoms. The number of hydrogen-bond donors (Lipinski definition) is 2. The number of nitrogens with one attached hydrogen (secondary N) is 1. The van der Waals surface area contributed by atoms with Crippen molar-refractivity contribution in [2.24, 2.45) is 10.7 Å². The van der Waals surface area contributed by atoms with Gasteiger partial charge in [-0.2, -0.15) is 10.2 Å². The molecule has 0 saturated heterocycles. The Morgan fingerprint density at radius 3 is 3.00 bits per heavy atom. The lowest BCUT2D eigenvalue weighted by Gasteiger charge is -2.11. The van der Waals surface area contributed by atoms with Gasteiger partial charge < -0.3 is 11.1 Å². The van der Waals surface area contributed by atoms with Crippen molar-refractivity contribution >= 4 is 5.96 Å². The molecule has 1 aromatic heterocycles. The zero-order valence-corrected chi connectivity index (χ0v) is 9.26. The predicted octanol–water partition coefficient (Wildman–Crippen LogP) is 0.823. The highest BCUT2D eigenvalue weighted by molar-refractivity contribution is 5.78. The summed E-state index contributed by atoms with van der Waals surface area (Å²) in [5.74, 6) is 0.512. The molecule has 5 nitrogen and oxygen atoms in total. The van der Waals surface area contributed by atoms with Crippen molar-refractivity contribution in [3.8, 4) is 0 Å². The zero-order chi connectivity index (χ0) is 11.2. The maximum atomic E-state index is 5.79. The summed E-state index contributed by atoms with van der Waals surface area (Å²) in [4.78, 5) is 4.24. The molecule has 1 aliphatic carbocycles. The fourth-order valence-corrected chi connectivity index (χ4v) is 1.91. The van der Waals surface area contributed by atoms with Gasteiger partial charge in [0.1, 0.15) is 0 Å². The maximum Gasteiger partial charge on any atom is 0.189 e. The van der Waals surface area contributed by atoms with Crippen molar-refractivity contribution in [3.63, 3.8) is 0 Å². The van der Waals surface area contributed by atoms with Crippen LogP contribution in [0.2, 0.25) is 0 Å². The predicted molar refractivity (Wildman–Crippen MR) is 62.8 cm³/mol. The van der Waals surface area contributed by atoms with E-state index < -0.39 is 0 Å². The molecule has 0 aromatic carbocycles. The number of nitrogens with two attached hydrogens (primary N) is 1. The summed E-state index contributed by atoms with van der Waals surface area (Å²) >= 11 is 0. The van der Waals surface area contributed by atoms with Gasteiger partial charge in [0.05, 0.1) is 12.2 Å². The van der Waals surface area contributed by atoms with Crippen molar-refractivity contribution in [1.82, 2.24) is 15.5 Å². The largest absolute Gasteiger partial charge is 0.370 e. The standard InChI is InChI=1S/C11H17N5/c12-11(15-9-4-1-2-5-9)13-8-10-6-3-7-14-16-10/h3,6-7,9H,1-2,4-5,8H2,(H3,12,13,15). The fraction of sp³-hybridized carbons (Fsp3) is 0.545. The molecule has 0 spiro atoms. The van der Waals surface area contributed by atoms with E-state index in [4.69, 9.17) is 5.73 Å². The number of guanidine groups is 1. The van der Waals surface area contributed by atoms with Gasteiger partial charge in [0, 0.05) is 12.2 Å². The molecule has 86 valence electrons. The molecule has 0 unspecified atom stereocenters. The summed E-state index contributed by atoms with van der Waals surface area (Å²) in [6, 6.07) is 4.24. The Labute approximate surface area is 95.2 Å². The van der Waals surface area contributed by atoms with E-state index in [1.54, 1.807) is 6.20 Å². The van der Waals surface area contributed by atoms with E-state index in [0.717, 1.165) is 5.69 Å². The molecule has 1 aliphatic rings. The molecule has 0 aliphatic heterocycles. The van der Waals surface area contributed by atoms with Gasteiger partial charge in [0.2, 0.25) is 0 Å². The topological polar surface area (TPSA) is 76.2 Å². The molecular weight excluding hydrogens is 202 g/mol. The van der Waals surface area contributed by atoms with Gasteiger partial charge in [-0.3, -0.25) is 0 Å². The minimum absolute atomic E-state index is 0.486. The molecular formula is C11H17N5. The van der Waals surface area contributed by atoms with Gasteiger partial charge in [0.25, 0.3) is 0 Å². The van der Waals surface area contributed by atoms with E-state index >= 15 is 0 Å². The Balaban J connectivity index is 1.82. The lowest BCUT2D eigenvalue weighted by Crippen LogP contribution is -2.38. The molecule has 3 N–H and O–H groups in total. The molecule has 2 rings (SSSR count). The lowest BCUT2D eigenvalue weighted by molar-refractivity contribution is 0.625. The van der Waals surface area contributed by atoms with E-state index in [0.29, 0.717) is 18.5 Å². The van der Waals surface area contributed by atoms with Crippen molar-refractivity contribution in [2.75, 3.05) is 0 Å². The van der Waals surface area contributed by atoms with Crippen LogP contribution < -0.4 is 11.1 Å². The van der Waals surface area contributed by atoms with Crippen LogP contribution in [0.1, 0.15) is 31.4 Å². The number of aromatic nitrogens is 2. The normalized spacial score (nSPS) is 17.6. The highest BCUT2D eigenvalue weighted by Crippen LogP contribution is 2.17. The summed E-state index contributed by atoms with van der Waals surface area (Å²) in [5, 5.41) is 11.0. The highest BCUT2D eigenvalue weighted by Gasteiger charge is 2.14. The van der Waals surface area contributed by atoms with Gasteiger partial charge in [-0.05, 0) is 25.0 Å². The fourth-order valence-electron chi connectivity index (χ4n) is 1.91. The first kappa shape index (κ1) is 10.9. The second-order valence-corrected chi connectivity index (χ2v) is 4.04. The molecule has 0 bridgehead atoms. The molecule has 1 aromatic rings. The molecule has 1 saturated carbocycles. The van der Waals surface area contributed by atoms with Crippen molar-refractivity contribution < 1.29 is 0 Å². The lowest BCUT2D eigenvalue weighted by atomic mass is 10.2. The van der Waals surface area contributed by atoms with Gasteiger partial charge >= 0.3 is 0 Å². The molecule has 1 fully saturated rings. The van der Waals surface area contributed by atoms with Crippen LogP contribution in [0.4, 0.5) is 0 Å². The average Bonchev–Trinajstić information content (AvgIpc) is 2.81. The summed E-state index contributed by atoms with van der Waals surface area (Å²) < 4.78 is 0. The number of hydrogen-bond acceptors (Lipinski definition) is 3. The molecule has 0 atom stereocenters. The summed E-state index contributed by atoms with van der Waals surface area (Å²) in [5.41, 5.74) is 6.62. The second kappa shape index (κ2) is 5.44. The molecule has 0 radical (unpaired) electrons. The Morgan fingerprint density at radius 1 is 1.50 bits per heavy atom. The van der Waals surface area contributed by atoms with Gasteiger partial charge in [-0.15, -0.1) is 0 Å². The van der Waals surface area contributed by atoms with Crippen molar-refractivity contribution in [2.45, 2.75) is 38.3 Å². The van der Waals surface area contributed by atoms with Gasteiger partial charge in [-0.25, -0.2) is 4.99 Å². The Bertz CT molecular complexity index is 343. The number of rotatable bonds is 3. The Kier molecular flexibility index (Phi) is 3.69. The third-order valence-corrected chi connectivity index (χ3v) is 2.75. The first-order chi connectivity index (χ1) is 7.84. The van der Waals surface area contributed by atoms with E-state index in [1.165, 1.54) is 25.7 Å². The highest BCUT2D eigenvalue weighted by atomic mass is 15.1. The molecule has 0 amide bonds. The van der Waals surface area contributed by atoms with E-state index in [2.05, 4.69) is 20.5 Å². The Hall–Kier alpha value is -1.65. The van der Waals surface area contributed by atoms with Gasteiger partial charge in [-0.1, -0.05) is 12.8 Å². The average molecular weight is 219 g/mol. The summed E-state index contributed by atoms with van der Waals surface area (Å²) in [6.07, 6.45) is 6.61. The zero-order valence-electron chi connectivity index (χ0n) is 9.26. The minimum Gasteiger partial charge on any atom is -0.370 e. The number of nitrogens with zero attached hydrogens (tertiary/aromatic N) is 3. The monoisotopic (exact) mass is 219 g/mol. The van der Waals surface area contributed by atoms with E-state index in [9.17, 15) is 0 Å². The number of aliphatic imine (C=N–C) groups is 1. The van der Waals surface area contributed by atoms with Crippen LogP contribution in [0, 0.1) is 0 Å². The minimum atomic E-state index is 0.486. The van der Waals surface area contributed by atoms with Crippen LogP contribution in [-0.4, -0.2) is 22.2 Å². The second-order valence-electron chi connectivity index (χ2n) is 4.04. The van der Waals surface area contributed by atoms with Crippen molar-refractivity contribution in [3.05, 3.63) is 24.0 Å². The SMILES string of the molecule is NC(=NCc1cccnn1)NC1CCCC1. The molecule has 1 heterocycles. The van der Waals surface area contributed by atoms with Gasteiger partial charge in [0.15, 0.2) is 5.96 Å². The van der Waals surface area contributed by atoms with Crippen LogP contribution in [0.3, 0.4) is 0 Å². The van der Waals surface area contributed by atoms with Crippen LogP contribution in [0.25, 0.3) is 0 Å². The maximum absolute atomic E-state index is 5.79. The smallest absolute Gasteiger partial charge is 0.189 e. The third-order valence-electron chi connectivity index (χ3n) is 2.75. The first-order valence-electron chi connectivity index (χ1n) is 5.67. The van der Waals surface area contributed by atoms with Crippen LogP contribution in [-0.2, 0) is 6.54 Å². The van der Waals surface area contributed by atoms with Crippen LogP contribution >= 0.6 is 0 Å². The quantitative estimate of drug-likeness (QED) is 0.583. The first-order valence-corrected chi connectivity index (χ1v) is 5.67. The Morgan fingerprint density at radius 2 is 2.31 bits per heavy atom.